The van der Waals surface area contributed by atoms with Crippen LogP contribution in [0.15, 0.2) is 11.4 Å². The molecule has 15 heavy (non-hydrogen) atoms. The second-order valence-electron chi connectivity index (χ2n) is 3.56. The Morgan fingerprint density at radius 2 is 2.53 bits per heavy atom. The van der Waals surface area contributed by atoms with E-state index < -0.39 is 0 Å². The monoisotopic (exact) mass is 244 g/mol. The van der Waals surface area contributed by atoms with Gasteiger partial charge in [-0.3, -0.25) is 11.3 Å². The number of nitrogens with one attached hydrogen (secondary N) is 1. The summed E-state index contributed by atoms with van der Waals surface area (Å²) >= 11 is 3.69. The third-order valence-electron chi connectivity index (χ3n) is 2.63. The zero-order valence-corrected chi connectivity index (χ0v) is 10.4. The van der Waals surface area contributed by atoms with Crippen LogP contribution in [0.25, 0.3) is 0 Å². The zero-order chi connectivity index (χ0) is 10.7. The fraction of sp³-hybridized carbons (Fsp3) is 0.600. The number of thioether (sulfide) groups is 1. The van der Waals surface area contributed by atoms with E-state index in [0.29, 0.717) is 0 Å². The quantitative estimate of drug-likeness (QED) is 0.627. The van der Waals surface area contributed by atoms with E-state index in [-0.39, 0.29) is 12.1 Å². The number of hydrogen-bond acceptors (Lipinski definition) is 5. The minimum atomic E-state index is 0.129. The number of nitrogens with two attached hydrogens (primary N) is 1. The first-order chi connectivity index (χ1) is 7.33. The molecule has 5 heteroatoms. The molecule has 3 nitrogen and oxygen atoms in total. The van der Waals surface area contributed by atoms with E-state index in [0.717, 1.165) is 18.1 Å². The van der Waals surface area contributed by atoms with Gasteiger partial charge in [-0.05, 0) is 23.9 Å². The summed E-state index contributed by atoms with van der Waals surface area (Å²) in [5.74, 6) is 7.74. The van der Waals surface area contributed by atoms with Gasteiger partial charge in [0.15, 0.2) is 0 Å². The Bertz CT molecular complexity index is 310. The van der Waals surface area contributed by atoms with Gasteiger partial charge in [-0.2, -0.15) is 11.8 Å². The lowest BCUT2D eigenvalue weighted by Crippen LogP contribution is -2.41. The van der Waals surface area contributed by atoms with Gasteiger partial charge in [-0.25, -0.2) is 0 Å². The van der Waals surface area contributed by atoms with Crippen molar-refractivity contribution in [2.75, 3.05) is 18.1 Å². The third kappa shape index (κ3) is 2.54. The highest BCUT2D eigenvalue weighted by Gasteiger charge is 2.26. The number of hydrazine groups is 1. The molecule has 2 unspecified atom stereocenters. The molecule has 2 rings (SSSR count). The molecule has 1 aliphatic rings. The van der Waals surface area contributed by atoms with Crippen LogP contribution in [0.5, 0.6) is 0 Å². The molecule has 0 amide bonds. The molecule has 0 spiro atoms. The fourth-order valence-electron chi connectivity index (χ4n) is 1.81. The van der Waals surface area contributed by atoms with Crippen molar-refractivity contribution in [3.8, 4) is 0 Å². The van der Waals surface area contributed by atoms with Crippen molar-refractivity contribution >= 4 is 23.1 Å². The number of aryl methyl sites for hydroxylation is 1. The highest BCUT2D eigenvalue weighted by molar-refractivity contribution is 7.99. The van der Waals surface area contributed by atoms with Gasteiger partial charge in [-0.15, -0.1) is 11.3 Å². The first-order valence-electron chi connectivity index (χ1n) is 5.02. The van der Waals surface area contributed by atoms with Gasteiger partial charge in [0, 0.05) is 16.4 Å². The largest absolute Gasteiger partial charge is 0.374 e. The molecular formula is C10H16N2OS2. The van der Waals surface area contributed by atoms with E-state index in [9.17, 15) is 0 Å². The van der Waals surface area contributed by atoms with Crippen LogP contribution in [0.2, 0.25) is 0 Å². The highest BCUT2D eigenvalue weighted by atomic mass is 32.2. The lowest BCUT2D eigenvalue weighted by atomic mass is 10.0. The molecule has 1 saturated heterocycles. The summed E-state index contributed by atoms with van der Waals surface area (Å²) in [5, 5.41) is 2.10. The molecule has 2 heterocycles. The fourth-order valence-corrected chi connectivity index (χ4v) is 3.46. The number of rotatable bonds is 3. The average molecular weight is 244 g/mol. The van der Waals surface area contributed by atoms with Gasteiger partial charge in [0.05, 0.1) is 18.8 Å². The normalized spacial score (nSPS) is 24.0. The van der Waals surface area contributed by atoms with Crippen LogP contribution in [0, 0.1) is 6.92 Å². The highest BCUT2D eigenvalue weighted by Crippen LogP contribution is 2.29. The standard InChI is InChI=1S/C10H16N2OS2/c1-7-8(2-4-15-7)10(12-11)9-6-14-5-3-13-9/h2,4,9-10,12H,3,5-6,11H2,1H3. The van der Waals surface area contributed by atoms with Crippen molar-refractivity contribution in [2.45, 2.75) is 19.1 Å². The molecule has 1 aliphatic heterocycles. The second kappa shape index (κ2) is 5.32. The Balaban J connectivity index is 2.12. The predicted octanol–water partition coefficient (Wildman–Crippen LogP) is 1.69. The molecule has 0 saturated carbocycles. The SMILES string of the molecule is Cc1sccc1C(NN)C1CSCCO1. The van der Waals surface area contributed by atoms with E-state index in [1.54, 1.807) is 11.3 Å². The summed E-state index contributed by atoms with van der Waals surface area (Å²) < 4.78 is 5.75. The van der Waals surface area contributed by atoms with E-state index in [4.69, 9.17) is 10.6 Å². The van der Waals surface area contributed by atoms with Crippen LogP contribution in [0.1, 0.15) is 16.5 Å². The molecule has 0 bridgehead atoms. The van der Waals surface area contributed by atoms with Gasteiger partial charge in [-0.1, -0.05) is 0 Å². The number of hydrogen-bond donors (Lipinski definition) is 2. The first-order valence-corrected chi connectivity index (χ1v) is 7.06. The summed E-state index contributed by atoms with van der Waals surface area (Å²) in [4.78, 5) is 1.32. The zero-order valence-electron chi connectivity index (χ0n) is 8.73. The molecule has 1 aromatic heterocycles. The Morgan fingerprint density at radius 1 is 1.67 bits per heavy atom. The average Bonchev–Trinajstić information content (AvgIpc) is 2.68. The van der Waals surface area contributed by atoms with Crippen molar-refractivity contribution in [1.82, 2.24) is 5.43 Å². The molecule has 1 fully saturated rings. The number of thiophene rings is 1. The van der Waals surface area contributed by atoms with Crippen LogP contribution in [-0.2, 0) is 4.74 Å². The predicted molar refractivity (Wildman–Crippen MR) is 66.2 cm³/mol. The summed E-state index contributed by atoms with van der Waals surface area (Å²) in [7, 11) is 0. The minimum Gasteiger partial charge on any atom is -0.374 e. The van der Waals surface area contributed by atoms with E-state index in [1.165, 1.54) is 10.4 Å². The summed E-state index contributed by atoms with van der Waals surface area (Å²) in [5.41, 5.74) is 4.16. The molecule has 2 atom stereocenters. The molecule has 0 aromatic carbocycles. The first kappa shape index (κ1) is 11.4. The van der Waals surface area contributed by atoms with Gasteiger partial charge >= 0.3 is 0 Å². The van der Waals surface area contributed by atoms with Crippen LogP contribution in [-0.4, -0.2) is 24.2 Å². The van der Waals surface area contributed by atoms with Crippen LogP contribution in [0.3, 0.4) is 0 Å². The van der Waals surface area contributed by atoms with Crippen LogP contribution >= 0.6 is 23.1 Å². The molecule has 0 radical (unpaired) electrons. The van der Waals surface area contributed by atoms with E-state index in [2.05, 4.69) is 23.8 Å². The Morgan fingerprint density at radius 3 is 3.07 bits per heavy atom. The molecular weight excluding hydrogens is 228 g/mol. The topological polar surface area (TPSA) is 47.3 Å². The Hall–Kier alpha value is -0.0700. The summed E-state index contributed by atoms with van der Waals surface area (Å²) in [6, 6.07) is 2.26. The van der Waals surface area contributed by atoms with Crippen molar-refractivity contribution < 1.29 is 4.74 Å². The lowest BCUT2D eigenvalue weighted by Gasteiger charge is -2.29. The van der Waals surface area contributed by atoms with Gasteiger partial charge < -0.3 is 4.74 Å². The van der Waals surface area contributed by atoms with Gasteiger partial charge in [0.1, 0.15) is 0 Å². The Labute approximate surface area is 98.4 Å². The van der Waals surface area contributed by atoms with Crippen molar-refractivity contribution in [3.63, 3.8) is 0 Å². The van der Waals surface area contributed by atoms with E-state index >= 15 is 0 Å². The molecule has 0 aliphatic carbocycles. The maximum atomic E-state index is 5.75. The van der Waals surface area contributed by atoms with Crippen molar-refractivity contribution in [1.29, 1.82) is 0 Å². The smallest absolute Gasteiger partial charge is 0.0873 e. The van der Waals surface area contributed by atoms with Crippen molar-refractivity contribution in [2.24, 2.45) is 5.84 Å². The maximum Gasteiger partial charge on any atom is 0.0873 e. The second-order valence-corrected chi connectivity index (χ2v) is 5.83. The lowest BCUT2D eigenvalue weighted by molar-refractivity contribution is 0.0467. The van der Waals surface area contributed by atoms with Crippen LogP contribution in [0.4, 0.5) is 0 Å². The minimum absolute atomic E-state index is 0.129. The third-order valence-corrected chi connectivity index (χ3v) is 4.51. The Kier molecular flexibility index (Phi) is 4.05. The maximum absolute atomic E-state index is 5.75. The summed E-state index contributed by atoms with van der Waals surface area (Å²) in [6.07, 6.45) is 0.196. The van der Waals surface area contributed by atoms with E-state index in [1.807, 2.05) is 11.8 Å². The molecule has 3 N–H and O–H groups in total. The molecule has 1 aromatic rings. The van der Waals surface area contributed by atoms with Crippen molar-refractivity contribution in [3.05, 3.63) is 21.9 Å². The van der Waals surface area contributed by atoms with Gasteiger partial charge in [0.25, 0.3) is 0 Å². The molecule has 84 valence electrons. The number of ether oxygens (including phenoxy) is 1. The van der Waals surface area contributed by atoms with Gasteiger partial charge in [0.2, 0.25) is 0 Å². The van der Waals surface area contributed by atoms with Crippen LogP contribution < -0.4 is 11.3 Å². The summed E-state index contributed by atoms with van der Waals surface area (Å²) in [6.45, 7) is 2.96.